The summed E-state index contributed by atoms with van der Waals surface area (Å²) in [7, 11) is 3.62. The van der Waals surface area contributed by atoms with Gasteiger partial charge in [0.2, 0.25) is 5.91 Å². The molecule has 0 spiro atoms. The van der Waals surface area contributed by atoms with Crippen LogP contribution in [0.15, 0.2) is 0 Å². The van der Waals surface area contributed by atoms with Crippen LogP contribution in [0.3, 0.4) is 0 Å². The van der Waals surface area contributed by atoms with Gasteiger partial charge in [-0.05, 0) is 31.3 Å². The number of rotatable bonds is 6. The first-order chi connectivity index (χ1) is 8.98. The van der Waals surface area contributed by atoms with Gasteiger partial charge in [0.15, 0.2) is 0 Å². The molecule has 1 atom stereocenters. The van der Waals surface area contributed by atoms with E-state index >= 15 is 0 Å². The lowest BCUT2D eigenvalue weighted by Gasteiger charge is -2.43. The Morgan fingerprint density at radius 3 is 2.16 bits per heavy atom. The van der Waals surface area contributed by atoms with Crippen molar-refractivity contribution in [2.75, 3.05) is 33.7 Å². The predicted molar refractivity (Wildman–Crippen MR) is 80.0 cm³/mol. The number of hydrogen-bond donors (Lipinski definition) is 1. The Hall–Kier alpha value is -0.610. The van der Waals surface area contributed by atoms with Gasteiger partial charge in [0.1, 0.15) is 0 Å². The minimum absolute atomic E-state index is 0.179. The molecule has 112 valence electrons. The molecule has 1 unspecified atom stereocenters. The molecule has 0 aromatic rings. The van der Waals surface area contributed by atoms with Gasteiger partial charge < -0.3 is 10.6 Å². The van der Waals surface area contributed by atoms with Crippen molar-refractivity contribution in [1.29, 1.82) is 0 Å². The lowest BCUT2D eigenvalue weighted by Crippen LogP contribution is -2.49. The summed E-state index contributed by atoms with van der Waals surface area (Å²) in [5.74, 6) is 0.179. The van der Waals surface area contributed by atoms with Crippen LogP contribution in [0, 0.1) is 5.41 Å². The molecular weight excluding hydrogens is 238 g/mol. The number of carbonyl (C=O) groups is 1. The lowest BCUT2D eigenvalue weighted by atomic mass is 9.74. The van der Waals surface area contributed by atoms with Gasteiger partial charge in [-0.3, -0.25) is 9.69 Å². The fraction of sp³-hybridized carbons (Fsp3) is 0.933. The van der Waals surface area contributed by atoms with Gasteiger partial charge in [-0.2, -0.15) is 0 Å². The molecule has 1 fully saturated rings. The second-order valence-corrected chi connectivity index (χ2v) is 6.12. The number of likely N-dealkylation sites (tertiary alicyclic amines) is 1. The molecule has 4 heteroatoms. The molecule has 0 aromatic heterocycles. The number of carbonyl (C=O) groups excluding carboxylic acids is 1. The molecular formula is C15H31N3O. The first-order valence-electron chi connectivity index (χ1n) is 7.62. The SMILES string of the molecule is CCC1(CC)CCN(C(CN)CC(=O)N(C)C)CC1. The van der Waals surface area contributed by atoms with E-state index in [-0.39, 0.29) is 11.9 Å². The summed E-state index contributed by atoms with van der Waals surface area (Å²) >= 11 is 0. The Bertz CT molecular complexity index is 277. The Balaban J connectivity index is 2.54. The highest BCUT2D eigenvalue weighted by Gasteiger charge is 2.33. The smallest absolute Gasteiger partial charge is 0.223 e. The zero-order valence-corrected chi connectivity index (χ0v) is 13.1. The average molecular weight is 269 g/mol. The Morgan fingerprint density at radius 2 is 1.79 bits per heavy atom. The molecule has 0 radical (unpaired) electrons. The molecule has 1 aliphatic rings. The molecule has 0 bridgehead atoms. The summed E-state index contributed by atoms with van der Waals surface area (Å²) in [5.41, 5.74) is 6.40. The Morgan fingerprint density at radius 1 is 1.26 bits per heavy atom. The second-order valence-electron chi connectivity index (χ2n) is 6.12. The van der Waals surface area contributed by atoms with E-state index in [1.54, 1.807) is 4.90 Å². The Kier molecular flexibility index (Phi) is 6.27. The van der Waals surface area contributed by atoms with E-state index < -0.39 is 0 Å². The van der Waals surface area contributed by atoms with Crippen molar-refractivity contribution in [3.63, 3.8) is 0 Å². The highest BCUT2D eigenvalue weighted by atomic mass is 16.2. The second kappa shape index (κ2) is 7.25. The molecule has 0 saturated carbocycles. The van der Waals surface area contributed by atoms with Crippen LogP contribution in [0.1, 0.15) is 46.0 Å². The van der Waals surface area contributed by atoms with Crippen molar-refractivity contribution >= 4 is 5.91 Å². The molecule has 19 heavy (non-hydrogen) atoms. The summed E-state index contributed by atoms with van der Waals surface area (Å²) in [6, 6.07) is 0.210. The van der Waals surface area contributed by atoms with Crippen LogP contribution in [0.4, 0.5) is 0 Å². The minimum Gasteiger partial charge on any atom is -0.349 e. The third kappa shape index (κ3) is 4.18. The van der Waals surface area contributed by atoms with Gasteiger partial charge in [-0.25, -0.2) is 0 Å². The van der Waals surface area contributed by atoms with E-state index in [4.69, 9.17) is 5.73 Å². The monoisotopic (exact) mass is 269 g/mol. The Labute approximate surface area is 118 Å². The van der Waals surface area contributed by atoms with Crippen LogP contribution in [0.25, 0.3) is 0 Å². The largest absolute Gasteiger partial charge is 0.349 e. The van der Waals surface area contributed by atoms with E-state index in [1.165, 1.54) is 25.7 Å². The summed E-state index contributed by atoms with van der Waals surface area (Å²) < 4.78 is 0. The van der Waals surface area contributed by atoms with Crippen molar-refractivity contribution in [1.82, 2.24) is 9.80 Å². The molecule has 1 saturated heterocycles. The number of piperidine rings is 1. The van der Waals surface area contributed by atoms with Crippen LogP contribution in [-0.4, -0.2) is 55.5 Å². The topological polar surface area (TPSA) is 49.6 Å². The standard InChI is InChI=1S/C15H31N3O/c1-5-15(6-2)7-9-18(10-8-15)13(12-16)11-14(19)17(3)4/h13H,5-12,16H2,1-4H3. The quantitative estimate of drug-likeness (QED) is 0.798. The first-order valence-corrected chi connectivity index (χ1v) is 7.62. The normalized spacial score (nSPS) is 21.1. The zero-order valence-electron chi connectivity index (χ0n) is 13.1. The van der Waals surface area contributed by atoms with Gasteiger partial charge in [-0.1, -0.05) is 26.7 Å². The van der Waals surface area contributed by atoms with Crippen LogP contribution >= 0.6 is 0 Å². The first kappa shape index (κ1) is 16.4. The van der Waals surface area contributed by atoms with E-state index in [1.807, 2.05) is 14.1 Å². The maximum Gasteiger partial charge on any atom is 0.223 e. The minimum atomic E-state index is 0.179. The van der Waals surface area contributed by atoms with Gasteiger partial charge in [0.05, 0.1) is 0 Å². The van der Waals surface area contributed by atoms with Crippen molar-refractivity contribution in [2.45, 2.75) is 52.0 Å². The van der Waals surface area contributed by atoms with Gasteiger partial charge in [0.25, 0.3) is 0 Å². The molecule has 2 N–H and O–H groups in total. The van der Waals surface area contributed by atoms with E-state index in [9.17, 15) is 4.79 Å². The number of hydrogen-bond acceptors (Lipinski definition) is 3. The third-order valence-corrected chi connectivity index (χ3v) is 5.06. The number of nitrogens with zero attached hydrogens (tertiary/aromatic N) is 2. The fourth-order valence-electron chi connectivity index (χ4n) is 3.07. The fourth-order valence-corrected chi connectivity index (χ4v) is 3.07. The summed E-state index contributed by atoms with van der Waals surface area (Å²) in [4.78, 5) is 15.9. The maximum atomic E-state index is 11.8. The molecule has 1 heterocycles. The van der Waals surface area contributed by atoms with Crippen LogP contribution in [0.2, 0.25) is 0 Å². The van der Waals surface area contributed by atoms with Crippen molar-refractivity contribution in [2.24, 2.45) is 11.1 Å². The van der Waals surface area contributed by atoms with E-state index in [0.29, 0.717) is 18.4 Å². The molecule has 0 aromatic carbocycles. The van der Waals surface area contributed by atoms with Crippen LogP contribution in [0.5, 0.6) is 0 Å². The molecule has 1 rings (SSSR count). The average Bonchev–Trinajstić information content (AvgIpc) is 2.44. The molecule has 0 aliphatic carbocycles. The molecule has 1 amide bonds. The predicted octanol–water partition coefficient (Wildman–Crippen LogP) is 1.69. The van der Waals surface area contributed by atoms with Crippen LogP contribution < -0.4 is 5.73 Å². The number of nitrogens with two attached hydrogens (primary N) is 1. The summed E-state index contributed by atoms with van der Waals surface area (Å²) in [6.45, 7) is 7.35. The number of amides is 1. The van der Waals surface area contributed by atoms with Gasteiger partial charge in [-0.15, -0.1) is 0 Å². The lowest BCUT2D eigenvalue weighted by molar-refractivity contribution is -0.130. The summed E-state index contributed by atoms with van der Waals surface area (Å²) in [6.07, 6.45) is 5.57. The summed E-state index contributed by atoms with van der Waals surface area (Å²) in [5, 5.41) is 0. The highest BCUT2D eigenvalue weighted by molar-refractivity contribution is 5.76. The van der Waals surface area contributed by atoms with E-state index in [2.05, 4.69) is 18.7 Å². The van der Waals surface area contributed by atoms with Gasteiger partial charge in [0, 0.05) is 33.1 Å². The highest BCUT2D eigenvalue weighted by Crippen LogP contribution is 2.38. The van der Waals surface area contributed by atoms with Crippen molar-refractivity contribution in [3.05, 3.63) is 0 Å². The zero-order chi connectivity index (χ0) is 14.5. The van der Waals surface area contributed by atoms with Crippen LogP contribution in [-0.2, 0) is 4.79 Å². The van der Waals surface area contributed by atoms with E-state index in [0.717, 1.165) is 13.1 Å². The van der Waals surface area contributed by atoms with Gasteiger partial charge >= 0.3 is 0 Å². The molecule has 1 aliphatic heterocycles. The molecule has 4 nitrogen and oxygen atoms in total. The van der Waals surface area contributed by atoms with Crippen molar-refractivity contribution in [3.8, 4) is 0 Å². The van der Waals surface area contributed by atoms with Crippen molar-refractivity contribution < 1.29 is 4.79 Å². The maximum absolute atomic E-state index is 11.8. The third-order valence-electron chi connectivity index (χ3n) is 5.06.